The lowest BCUT2D eigenvalue weighted by Crippen LogP contribution is -2.19. The fourth-order valence-electron chi connectivity index (χ4n) is 4.40. The highest BCUT2D eigenvalue weighted by molar-refractivity contribution is 6.30. The molecule has 28 heavy (non-hydrogen) atoms. The minimum absolute atomic E-state index is 0.0434. The Morgan fingerprint density at radius 1 is 1.25 bits per heavy atom. The maximum absolute atomic E-state index is 14.9. The van der Waals surface area contributed by atoms with Crippen LogP contribution in [0, 0.1) is 5.82 Å². The van der Waals surface area contributed by atoms with Gasteiger partial charge in [-0.15, -0.1) is 0 Å². The molecule has 0 aliphatic heterocycles. The van der Waals surface area contributed by atoms with Crippen molar-refractivity contribution >= 4 is 28.5 Å². The van der Waals surface area contributed by atoms with Gasteiger partial charge in [0.1, 0.15) is 5.82 Å². The molecule has 3 nitrogen and oxygen atoms in total. The second kappa shape index (κ2) is 7.96. The van der Waals surface area contributed by atoms with E-state index in [2.05, 4.69) is 4.57 Å². The fraction of sp³-hybridized carbons (Fsp3) is 0.348. The van der Waals surface area contributed by atoms with E-state index in [4.69, 9.17) is 16.3 Å². The third-order valence-corrected chi connectivity index (χ3v) is 5.77. The molecule has 0 amide bonds. The first-order chi connectivity index (χ1) is 13.6. The predicted molar refractivity (Wildman–Crippen MR) is 109 cm³/mol. The van der Waals surface area contributed by atoms with Crippen LogP contribution in [0.2, 0.25) is 5.02 Å². The monoisotopic (exact) mass is 399 g/mol. The zero-order valence-electron chi connectivity index (χ0n) is 15.9. The van der Waals surface area contributed by atoms with Crippen LogP contribution in [0.25, 0.3) is 10.9 Å². The molecule has 1 aliphatic carbocycles. The Hall–Kier alpha value is -2.33. The number of aromatic nitrogens is 1. The minimum atomic E-state index is -0.226. The second-order valence-corrected chi connectivity index (χ2v) is 7.75. The Labute approximate surface area is 169 Å². The predicted octanol–water partition coefficient (Wildman–Crippen LogP) is 5.86. The smallest absolute Gasteiger partial charge is 0.306 e. The molecule has 0 bridgehead atoms. The lowest BCUT2D eigenvalue weighted by molar-refractivity contribution is -0.143. The summed E-state index contributed by atoms with van der Waals surface area (Å²) in [5, 5.41) is 1.63. The number of fused-ring (bicyclic) bond motifs is 3. The van der Waals surface area contributed by atoms with Gasteiger partial charge in [0.25, 0.3) is 0 Å². The molecule has 3 aromatic rings. The molecule has 2 aromatic carbocycles. The Bertz CT molecular complexity index is 1010. The van der Waals surface area contributed by atoms with Crippen molar-refractivity contribution in [2.45, 2.75) is 45.1 Å². The molecule has 0 spiro atoms. The van der Waals surface area contributed by atoms with Crippen molar-refractivity contribution in [2.24, 2.45) is 0 Å². The molecule has 4 rings (SSSR count). The zero-order chi connectivity index (χ0) is 19.7. The third-order valence-electron chi connectivity index (χ3n) is 5.52. The molecule has 1 heterocycles. The van der Waals surface area contributed by atoms with Gasteiger partial charge in [-0.2, -0.15) is 0 Å². The molecular weight excluding hydrogens is 377 g/mol. The fourth-order valence-corrected chi connectivity index (χ4v) is 4.53. The Morgan fingerprint density at radius 2 is 2.04 bits per heavy atom. The molecule has 0 fully saturated rings. The topological polar surface area (TPSA) is 31.2 Å². The summed E-state index contributed by atoms with van der Waals surface area (Å²) in [7, 11) is 0. The third kappa shape index (κ3) is 3.53. The van der Waals surface area contributed by atoms with Gasteiger partial charge in [-0.25, -0.2) is 4.39 Å². The van der Waals surface area contributed by atoms with E-state index in [0.717, 1.165) is 35.9 Å². The Morgan fingerprint density at radius 3 is 2.79 bits per heavy atom. The number of para-hydroxylation sites is 1. The van der Waals surface area contributed by atoms with Crippen molar-refractivity contribution in [1.29, 1.82) is 0 Å². The first-order valence-electron chi connectivity index (χ1n) is 9.78. The first kappa shape index (κ1) is 19.0. The van der Waals surface area contributed by atoms with E-state index >= 15 is 0 Å². The van der Waals surface area contributed by atoms with Crippen LogP contribution < -0.4 is 0 Å². The molecule has 1 aromatic heterocycles. The summed E-state index contributed by atoms with van der Waals surface area (Å²) in [5.74, 6) is -0.373. The zero-order valence-corrected chi connectivity index (χ0v) is 16.6. The molecule has 1 atom stereocenters. The number of nitrogens with zero attached hydrogens (tertiary/aromatic N) is 1. The highest BCUT2D eigenvalue weighted by Crippen LogP contribution is 2.41. The molecule has 1 unspecified atom stereocenters. The molecular formula is C23H23ClFNO2. The van der Waals surface area contributed by atoms with E-state index in [1.54, 1.807) is 6.07 Å². The van der Waals surface area contributed by atoms with E-state index in [1.807, 2.05) is 37.3 Å². The normalized spacial score (nSPS) is 16.2. The van der Waals surface area contributed by atoms with Crippen LogP contribution in [0.3, 0.4) is 0 Å². The lowest BCUT2D eigenvalue weighted by Gasteiger charge is -2.25. The number of hydrogen-bond donors (Lipinski definition) is 0. The number of halogens is 2. The molecule has 5 heteroatoms. The van der Waals surface area contributed by atoms with Crippen LogP contribution in [0.1, 0.15) is 48.9 Å². The summed E-state index contributed by atoms with van der Waals surface area (Å²) in [6, 6.07) is 12.9. The van der Waals surface area contributed by atoms with Crippen molar-refractivity contribution in [3.8, 4) is 0 Å². The number of esters is 1. The van der Waals surface area contributed by atoms with Gasteiger partial charge in [-0.1, -0.05) is 35.9 Å². The highest BCUT2D eigenvalue weighted by Gasteiger charge is 2.30. The van der Waals surface area contributed by atoms with Gasteiger partial charge in [0.2, 0.25) is 0 Å². The van der Waals surface area contributed by atoms with Crippen molar-refractivity contribution in [3.63, 3.8) is 0 Å². The molecule has 146 valence electrons. The average molecular weight is 400 g/mol. The van der Waals surface area contributed by atoms with Crippen LogP contribution in [-0.4, -0.2) is 17.1 Å². The Balaban J connectivity index is 1.84. The summed E-state index contributed by atoms with van der Waals surface area (Å²) < 4.78 is 22.1. The maximum Gasteiger partial charge on any atom is 0.306 e. The largest absolute Gasteiger partial charge is 0.466 e. The van der Waals surface area contributed by atoms with Crippen molar-refractivity contribution in [3.05, 3.63) is 70.1 Å². The van der Waals surface area contributed by atoms with Gasteiger partial charge in [-0.3, -0.25) is 4.79 Å². The van der Waals surface area contributed by atoms with Gasteiger partial charge in [-0.05, 0) is 55.5 Å². The summed E-state index contributed by atoms with van der Waals surface area (Å²) in [5.41, 5.74) is 3.92. The summed E-state index contributed by atoms with van der Waals surface area (Å²) in [4.78, 5) is 12.2. The van der Waals surface area contributed by atoms with Crippen molar-refractivity contribution in [2.75, 3.05) is 6.61 Å². The van der Waals surface area contributed by atoms with Crippen LogP contribution in [0.4, 0.5) is 4.39 Å². The molecule has 0 N–H and O–H groups in total. The second-order valence-electron chi connectivity index (χ2n) is 7.31. The Kier molecular flexibility index (Phi) is 5.40. The maximum atomic E-state index is 14.9. The van der Waals surface area contributed by atoms with E-state index in [1.165, 1.54) is 11.6 Å². The quantitative estimate of drug-likeness (QED) is 0.503. The lowest BCUT2D eigenvalue weighted by atomic mass is 9.84. The first-order valence-corrected chi connectivity index (χ1v) is 10.2. The van der Waals surface area contributed by atoms with Crippen LogP contribution >= 0.6 is 11.6 Å². The number of rotatable bonds is 5. The van der Waals surface area contributed by atoms with Crippen LogP contribution in [-0.2, 0) is 22.5 Å². The summed E-state index contributed by atoms with van der Waals surface area (Å²) in [6.07, 6.45) is 3.14. The van der Waals surface area contributed by atoms with E-state index < -0.39 is 0 Å². The number of benzene rings is 2. The van der Waals surface area contributed by atoms with Crippen molar-refractivity contribution < 1.29 is 13.9 Å². The van der Waals surface area contributed by atoms with Gasteiger partial charge < -0.3 is 9.30 Å². The molecule has 1 aliphatic rings. The van der Waals surface area contributed by atoms with Gasteiger partial charge in [0.05, 0.1) is 18.5 Å². The number of aryl methyl sites for hydroxylation is 1. The SMILES string of the molecule is CCOC(=O)CC1CCCc2c1n(Cc1ccc(Cl)cc1)c1c(F)cccc21. The highest BCUT2D eigenvalue weighted by atomic mass is 35.5. The summed E-state index contributed by atoms with van der Waals surface area (Å²) >= 11 is 6.02. The molecule has 0 saturated heterocycles. The standard InChI is InChI=1S/C23H23ClFNO2/c1-2-28-21(27)13-16-5-3-6-18-19-7-4-8-20(25)23(19)26(22(16)18)14-15-9-11-17(24)12-10-15/h4,7-12,16H,2-3,5-6,13-14H2,1H3. The van der Waals surface area contributed by atoms with Gasteiger partial charge >= 0.3 is 5.97 Å². The summed E-state index contributed by atoms with van der Waals surface area (Å²) in [6.45, 7) is 2.74. The number of carbonyl (C=O) groups excluding carboxylic acids is 1. The van der Waals surface area contributed by atoms with Crippen LogP contribution in [0.5, 0.6) is 0 Å². The van der Waals surface area contributed by atoms with Gasteiger partial charge in [0.15, 0.2) is 0 Å². The minimum Gasteiger partial charge on any atom is -0.466 e. The number of hydrogen-bond acceptors (Lipinski definition) is 2. The average Bonchev–Trinajstić information content (AvgIpc) is 3.00. The van der Waals surface area contributed by atoms with E-state index in [-0.39, 0.29) is 17.7 Å². The number of carbonyl (C=O) groups is 1. The van der Waals surface area contributed by atoms with Gasteiger partial charge in [0, 0.05) is 28.6 Å². The number of ether oxygens (including phenoxy) is 1. The van der Waals surface area contributed by atoms with E-state index in [9.17, 15) is 9.18 Å². The van der Waals surface area contributed by atoms with Crippen LogP contribution in [0.15, 0.2) is 42.5 Å². The van der Waals surface area contributed by atoms with Crippen molar-refractivity contribution in [1.82, 2.24) is 4.57 Å². The van der Waals surface area contributed by atoms with E-state index in [0.29, 0.717) is 30.1 Å². The molecule has 0 radical (unpaired) electrons. The molecule has 0 saturated carbocycles.